The number of carbonyl (C=O) groups excluding carboxylic acids is 1. The lowest BCUT2D eigenvalue weighted by Gasteiger charge is -2.12. The zero-order valence-corrected chi connectivity index (χ0v) is 17.2. The van der Waals surface area contributed by atoms with Crippen molar-refractivity contribution in [2.45, 2.75) is 18.7 Å². The second kappa shape index (κ2) is 7.72. The maximum Gasteiger partial charge on any atom is 0.261 e. The molecule has 0 fully saturated rings. The van der Waals surface area contributed by atoms with Crippen LogP contribution in [0.5, 0.6) is 11.5 Å². The van der Waals surface area contributed by atoms with E-state index >= 15 is 0 Å². The van der Waals surface area contributed by atoms with Gasteiger partial charge in [0.05, 0.1) is 10.6 Å². The van der Waals surface area contributed by atoms with Crippen LogP contribution >= 0.6 is 0 Å². The summed E-state index contributed by atoms with van der Waals surface area (Å²) < 4.78 is 38.4. The number of aryl methyl sites for hydroxylation is 2. The van der Waals surface area contributed by atoms with E-state index in [1.54, 1.807) is 67.6 Å². The van der Waals surface area contributed by atoms with Gasteiger partial charge in [-0.25, -0.2) is 8.42 Å². The Kier molecular flexibility index (Phi) is 5.09. The quantitative estimate of drug-likeness (QED) is 0.644. The van der Waals surface area contributed by atoms with Crippen LogP contribution in [0.1, 0.15) is 21.5 Å². The molecule has 0 atom stereocenters. The van der Waals surface area contributed by atoms with Crippen LogP contribution in [0.25, 0.3) is 0 Å². The van der Waals surface area contributed by atoms with Crippen molar-refractivity contribution in [1.82, 2.24) is 0 Å². The molecule has 0 aliphatic carbocycles. The molecule has 30 heavy (non-hydrogen) atoms. The van der Waals surface area contributed by atoms with Gasteiger partial charge in [-0.3, -0.25) is 9.52 Å². The molecular formula is C22H20N2O5S. The van der Waals surface area contributed by atoms with E-state index in [1.807, 2.05) is 6.92 Å². The molecule has 0 aromatic heterocycles. The molecule has 0 bridgehead atoms. The van der Waals surface area contributed by atoms with Gasteiger partial charge in [0.25, 0.3) is 15.9 Å². The number of anilines is 2. The number of hydrogen-bond donors (Lipinski definition) is 2. The average molecular weight is 424 g/mol. The van der Waals surface area contributed by atoms with Crippen LogP contribution in [0.15, 0.2) is 65.6 Å². The standard InChI is InChI=1S/C22H20N2O5S/c1-14-3-7-18(8-4-14)30(26,27)24-19-9-5-16(11-15(19)2)22(25)23-17-6-10-20-21(12-17)29-13-28-20/h3-12,24H,13H2,1-2H3,(H,23,25). The topological polar surface area (TPSA) is 93.7 Å². The molecule has 1 aliphatic heterocycles. The normalized spacial score (nSPS) is 12.5. The predicted octanol–water partition coefficient (Wildman–Crippen LogP) is 4.09. The van der Waals surface area contributed by atoms with Crippen LogP contribution in [-0.4, -0.2) is 21.1 Å². The molecule has 0 saturated heterocycles. The summed E-state index contributed by atoms with van der Waals surface area (Å²) in [5.41, 5.74) is 3.00. The summed E-state index contributed by atoms with van der Waals surface area (Å²) in [5.74, 6) is 0.892. The third-order valence-corrected chi connectivity index (χ3v) is 6.08. The number of fused-ring (bicyclic) bond motifs is 1. The minimum Gasteiger partial charge on any atom is -0.454 e. The van der Waals surface area contributed by atoms with E-state index in [1.165, 1.54) is 0 Å². The second-order valence-electron chi connectivity index (χ2n) is 6.97. The van der Waals surface area contributed by atoms with E-state index in [9.17, 15) is 13.2 Å². The van der Waals surface area contributed by atoms with Gasteiger partial charge in [0.1, 0.15) is 0 Å². The summed E-state index contributed by atoms with van der Waals surface area (Å²) in [6.45, 7) is 3.79. The number of ether oxygens (including phenoxy) is 2. The van der Waals surface area contributed by atoms with Gasteiger partial charge < -0.3 is 14.8 Å². The van der Waals surface area contributed by atoms with E-state index in [2.05, 4.69) is 10.0 Å². The summed E-state index contributed by atoms with van der Waals surface area (Å²) in [6, 6.07) is 16.5. The van der Waals surface area contributed by atoms with Gasteiger partial charge in [-0.05, 0) is 61.9 Å². The van der Waals surface area contributed by atoms with Crippen LogP contribution in [0.3, 0.4) is 0 Å². The Bertz CT molecular complexity index is 1220. The fraction of sp³-hybridized carbons (Fsp3) is 0.136. The Morgan fingerprint density at radius 3 is 2.37 bits per heavy atom. The smallest absolute Gasteiger partial charge is 0.261 e. The van der Waals surface area contributed by atoms with Crippen LogP contribution in [0, 0.1) is 13.8 Å². The fourth-order valence-corrected chi connectivity index (χ4v) is 4.15. The lowest BCUT2D eigenvalue weighted by molar-refractivity contribution is 0.102. The predicted molar refractivity (Wildman–Crippen MR) is 114 cm³/mol. The van der Waals surface area contributed by atoms with E-state index in [0.717, 1.165) is 5.56 Å². The van der Waals surface area contributed by atoms with Gasteiger partial charge >= 0.3 is 0 Å². The molecule has 1 heterocycles. The highest BCUT2D eigenvalue weighted by molar-refractivity contribution is 7.92. The molecule has 0 radical (unpaired) electrons. The molecule has 8 heteroatoms. The number of rotatable bonds is 5. The van der Waals surface area contributed by atoms with Crippen molar-refractivity contribution in [3.05, 3.63) is 77.4 Å². The van der Waals surface area contributed by atoms with Crippen LogP contribution in [0.4, 0.5) is 11.4 Å². The monoisotopic (exact) mass is 424 g/mol. The van der Waals surface area contributed by atoms with Crippen LogP contribution in [0.2, 0.25) is 0 Å². The lowest BCUT2D eigenvalue weighted by atomic mass is 10.1. The summed E-state index contributed by atoms with van der Waals surface area (Å²) in [5, 5.41) is 2.80. The molecule has 0 saturated carbocycles. The highest BCUT2D eigenvalue weighted by atomic mass is 32.2. The molecule has 3 aromatic rings. The van der Waals surface area contributed by atoms with E-state index in [4.69, 9.17) is 9.47 Å². The Labute approximate surface area is 174 Å². The Balaban J connectivity index is 1.50. The van der Waals surface area contributed by atoms with Crippen molar-refractivity contribution >= 4 is 27.3 Å². The van der Waals surface area contributed by atoms with Crippen molar-refractivity contribution in [3.63, 3.8) is 0 Å². The Morgan fingerprint density at radius 2 is 1.63 bits per heavy atom. The third-order valence-electron chi connectivity index (χ3n) is 4.69. The van der Waals surface area contributed by atoms with Gasteiger partial charge in [0.15, 0.2) is 11.5 Å². The van der Waals surface area contributed by atoms with Crippen molar-refractivity contribution < 1.29 is 22.7 Å². The maximum atomic E-state index is 12.6. The fourth-order valence-electron chi connectivity index (χ4n) is 3.02. The number of hydrogen-bond acceptors (Lipinski definition) is 5. The molecule has 154 valence electrons. The van der Waals surface area contributed by atoms with Crippen molar-refractivity contribution in [2.24, 2.45) is 0 Å². The van der Waals surface area contributed by atoms with Gasteiger partial charge in [-0.2, -0.15) is 0 Å². The highest BCUT2D eigenvalue weighted by Gasteiger charge is 2.17. The minimum absolute atomic E-state index is 0.159. The first-order valence-electron chi connectivity index (χ1n) is 9.23. The SMILES string of the molecule is Cc1ccc(S(=O)(=O)Nc2ccc(C(=O)Nc3ccc4c(c3)OCO4)cc2C)cc1. The van der Waals surface area contributed by atoms with Crippen LogP contribution in [-0.2, 0) is 10.0 Å². The van der Waals surface area contributed by atoms with Gasteiger partial charge in [0, 0.05) is 17.3 Å². The zero-order valence-electron chi connectivity index (χ0n) is 16.4. The lowest BCUT2D eigenvalue weighted by Crippen LogP contribution is -2.15. The molecule has 3 aromatic carbocycles. The number of sulfonamides is 1. The Hall–Kier alpha value is -3.52. The molecule has 1 amide bonds. The first-order valence-corrected chi connectivity index (χ1v) is 10.7. The molecule has 0 unspecified atom stereocenters. The van der Waals surface area contributed by atoms with Crippen molar-refractivity contribution in [2.75, 3.05) is 16.8 Å². The van der Waals surface area contributed by atoms with Gasteiger partial charge in [-0.1, -0.05) is 17.7 Å². The van der Waals surface area contributed by atoms with Gasteiger partial charge in [-0.15, -0.1) is 0 Å². The number of carbonyl (C=O) groups is 1. The largest absolute Gasteiger partial charge is 0.454 e. The van der Waals surface area contributed by atoms with Crippen molar-refractivity contribution in [3.8, 4) is 11.5 Å². The number of benzene rings is 3. The second-order valence-corrected chi connectivity index (χ2v) is 8.65. The minimum atomic E-state index is -3.72. The molecule has 2 N–H and O–H groups in total. The summed E-state index contributed by atoms with van der Waals surface area (Å²) >= 11 is 0. The molecule has 0 spiro atoms. The van der Waals surface area contributed by atoms with E-state index in [-0.39, 0.29) is 17.6 Å². The molecule has 7 nitrogen and oxygen atoms in total. The average Bonchev–Trinajstić information content (AvgIpc) is 3.17. The molecule has 1 aliphatic rings. The summed E-state index contributed by atoms with van der Waals surface area (Å²) in [4.78, 5) is 12.8. The van der Waals surface area contributed by atoms with E-state index < -0.39 is 10.0 Å². The summed E-state index contributed by atoms with van der Waals surface area (Å²) in [7, 11) is -3.72. The highest BCUT2D eigenvalue weighted by Crippen LogP contribution is 2.34. The first kappa shape index (κ1) is 19.8. The van der Waals surface area contributed by atoms with Crippen molar-refractivity contribution in [1.29, 1.82) is 0 Å². The molecule has 4 rings (SSSR count). The third kappa shape index (κ3) is 4.08. The Morgan fingerprint density at radius 1 is 0.900 bits per heavy atom. The summed E-state index contributed by atoms with van der Waals surface area (Å²) in [6.07, 6.45) is 0. The van der Waals surface area contributed by atoms with E-state index in [0.29, 0.717) is 34.0 Å². The maximum absolute atomic E-state index is 12.6. The molecular weight excluding hydrogens is 404 g/mol. The zero-order chi connectivity index (χ0) is 21.3. The first-order chi connectivity index (χ1) is 14.3. The number of amides is 1. The number of nitrogens with one attached hydrogen (secondary N) is 2. The van der Waals surface area contributed by atoms with Crippen LogP contribution < -0.4 is 19.5 Å². The van der Waals surface area contributed by atoms with Gasteiger partial charge in [0.2, 0.25) is 6.79 Å².